The van der Waals surface area contributed by atoms with Gasteiger partial charge in [0.05, 0.1) is 41.1 Å². The molecule has 1 aliphatic rings. The van der Waals surface area contributed by atoms with E-state index in [4.69, 9.17) is 32.7 Å². The number of para-hydroxylation sites is 1. The van der Waals surface area contributed by atoms with Gasteiger partial charge in [-0.3, -0.25) is 9.69 Å². The van der Waals surface area contributed by atoms with Gasteiger partial charge in [0, 0.05) is 31.2 Å². The lowest BCUT2D eigenvalue weighted by Gasteiger charge is -2.38. The van der Waals surface area contributed by atoms with Gasteiger partial charge in [0.15, 0.2) is 5.75 Å². The van der Waals surface area contributed by atoms with Crippen molar-refractivity contribution in [3.63, 3.8) is 0 Å². The number of amides is 3. The first-order valence-electron chi connectivity index (χ1n) is 13.7. The molecule has 11 heteroatoms. The van der Waals surface area contributed by atoms with Crippen LogP contribution < -0.4 is 20.1 Å². The van der Waals surface area contributed by atoms with E-state index in [1.807, 2.05) is 33.0 Å². The number of carbonyl (C=O) groups excluding carboxylic acids is 2. The molecule has 0 saturated carbocycles. The smallest absolute Gasteiger partial charge is 0.323 e. The number of likely N-dealkylation sites (N-methyl/N-ethyl adjacent to an activating group) is 1. The van der Waals surface area contributed by atoms with Crippen LogP contribution in [-0.2, 0) is 6.54 Å². The fourth-order valence-electron chi connectivity index (χ4n) is 4.84. The number of carbonyl (C=O) groups is 2. The first-order valence-corrected chi connectivity index (χ1v) is 14.4. The van der Waals surface area contributed by atoms with Crippen LogP contribution in [0.15, 0.2) is 60.7 Å². The largest absolute Gasteiger partial charge is 0.497 e. The maximum atomic E-state index is 13.7. The second kappa shape index (κ2) is 14.1. The maximum Gasteiger partial charge on any atom is 0.323 e. The summed E-state index contributed by atoms with van der Waals surface area (Å²) >= 11 is 12.3. The molecule has 9 nitrogen and oxygen atoms in total. The molecule has 0 radical (unpaired) electrons. The van der Waals surface area contributed by atoms with Gasteiger partial charge in [-0.1, -0.05) is 42.3 Å². The molecule has 0 aromatic heterocycles. The van der Waals surface area contributed by atoms with Gasteiger partial charge in [-0.15, -0.1) is 0 Å². The third-order valence-electron chi connectivity index (χ3n) is 7.22. The SMILES string of the molecule is COc1ccc(NC(=O)Nc2cccc3c2O[C@@H](CN(C)Cc2ccc(Cl)c(Cl)c2)[C@@H](C)CN([C@H](C)CO)C3=O)cc1. The normalized spacial score (nSPS) is 17.5. The zero-order chi connectivity index (χ0) is 30.4. The molecule has 1 aliphatic heterocycles. The van der Waals surface area contributed by atoms with Gasteiger partial charge in [-0.25, -0.2) is 4.79 Å². The first kappa shape index (κ1) is 31.4. The molecule has 3 N–H and O–H groups in total. The highest BCUT2D eigenvalue weighted by atomic mass is 35.5. The summed E-state index contributed by atoms with van der Waals surface area (Å²) in [6, 6.07) is 16.6. The Kier molecular flexibility index (Phi) is 10.6. The summed E-state index contributed by atoms with van der Waals surface area (Å²) in [5.74, 6) is 0.569. The molecule has 4 rings (SSSR count). The number of nitrogens with zero attached hydrogens (tertiary/aromatic N) is 2. The number of urea groups is 1. The minimum Gasteiger partial charge on any atom is -0.497 e. The Morgan fingerprint density at radius 3 is 2.55 bits per heavy atom. The Balaban J connectivity index is 1.61. The van der Waals surface area contributed by atoms with Crippen molar-refractivity contribution in [2.45, 2.75) is 32.5 Å². The Morgan fingerprint density at radius 2 is 1.88 bits per heavy atom. The molecule has 0 fully saturated rings. The minimum absolute atomic E-state index is 0.103. The number of fused-ring (bicyclic) bond motifs is 1. The average Bonchev–Trinajstić information content (AvgIpc) is 2.97. The number of aliphatic hydroxyl groups excluding tert-OH is 1. The van der Waals surface area contributed by atoms with Crippen molar-refractivity contribution in [3.8, 4) is 11.5 Å². The van der Waals surface area contributed by atoms with Crippen LogP contribution in [0.25, 0.3) is 0 Å². The van der Waals surface area contributed by atoms with Crippen molar-refractivity contribution in [2.24, 2.45) is 5.92 Å². The van der Waals surface area contributed by atoms with E-state index in [1.165, 1.54) is 0 Å². The molecule has 0 saturated heterocycles. The lowest BCUT2D eigenvalue weighted by atomic mass is 9.99. The summed E-state index contributed by atoms with van der Waals surface area (Å²) in [4.78, 5) is 30.5. The topological polar surface area (TPSA) is 103 Å². The Bertz CT molecular complexity index is 1400. The van der Waals surface area contributed by atoms with E-state index in [0.717, 1.165) is 5.56 Å². The molecule has 0 unspecified atom stereocenters. The number of nitrogens with one attached hydrogen (secondary N) is 2. The van der Waals surface area contributed by atoms with Gasteiger partial charge in [0.1, 0.15) is 11.9 Å². The zero-order valence-corrected chi connectivity index (χ0v) is 25.6. The average molecular weight is 616 g/mol. The number of hydrogen-bond acceptors (Lipinski definition) is 6. The van der Waals surface area contributed by atoms with Crippen molar-refractivity contribution in [2.75, 3.05) is 44.5 Å². The number of benzene rings is 3. The van der Waals surface area contributed by atoms with E-state index in [0.29, 0.717) is 52.4 Å². The molecule has 0 bridgehead atoms. The highest BCUT2D eigenvalue weighted by Crippen LogP contribution is 2.35. The summed E-state index contributed by atoms with van der Waals surface area (Å²) in [6.07, 6.45) is -0.356. The second-order valence-corrected chi connectivity index (χ2v) is 11.4. The molecule has 3 aromatic carbocycles. The van der Waals surface area contributed by atoms with Gasteiger partial charge < -0.3 is 30.1 Å². The quantitative estimate of drug-likeness (QED) is 0.273. The Hall–Kier alpha value is -3.50. The third-order valence-corrected chi connectivity index (χ3v) is 7.95. The van der Waals surface area contributed by atoms with E-state index < -0.39 is 12.1 Å². The molecule has 0 aliphatic carbocycles. The number of aliphatic hydroxyl groups is 1. The fraction of sp³-hybridized carbons (Fsp3) is 0.355. The number of halogens is 2. The minimum atomic E-state index is -0.492. The van der Waals surface area contributed by atoms with E-state index in [1.54, 1.807) is 60.5 Å². The number of rotatable bonds is 9. The van der Waals surface area contributed by atoms with Crippen LogP contribution >= 0.6 is 23.2 Å². The van der Waals surface area contributed by atoms with Crippen LogP contribution in [0.3, 0.4) is 0 Å². The summed E-state index contributed by atoms with van der Waals surface area (Å²) in [7, 11) is 3.55. The third kappa shape index (κ3) is 7.66. The van der Waals surface area contributed by atoms with Gasteiger partial charge in [-0.05, 0) is 68.1 Å². The van der Waals surface area contributed by atoms with Crippen molar-refractivity contribution in [1.29, 1.82) is 0 Å². The molecule has 0 spiro atoms. The molecule has 3 atom stereocenters. The van der Waals surface area contributed by atoms with Crippen LogP contribution in [0.1, 0.15) is 29.8 Å². The summed E-state index contributed by atoms with van der Waals surface area (Å²) < 4.78 is 11.8. The number of anilines is 2. The van der Waals surface area contributed by atoms with E-state index in [-0.39, 0.29) is 30.3 Å². The molecule has 42 heavy (non-hydrogen) atoms. The predicted octanol–water partition coefficient (Wildman–Crippen LogP) is 6.00. The molecule has 1 heterocycles. The summed E-state index contributed by atoms with van der Waals surface area (Å²) in [5, 5.41) is 16.6. The van der Waals surface area contributed by atoms with Crippen LogP contribution in [0, 0.1) is 5.92 Å². The lowest BCUT2D eigenvalue weighted by molar-refractivity contribution is 0.0343. The van der Waals surface area contributed by atoms with Crippen LogP contribution in [0.5, 0.6) is 11.5 Å². The van der Waals surface area contributed by atoms with Crippen molar-refractivity contribution >= 4 is 46.5 Å². The van der Waals surface area contributed by atoms with Crippen molar-refractivity contribution in [1.82, 2.24) is 9.80 Å². The summed E-state index contributed by atoms with van der Waals surface area (Å²) in [6.45, 7) is 5.14. The molecular weight excluding hydrogens is 579 g/mol. The van der Waals surface area contributed by atoms with Gasteiger partial charge in [-0.2, -0.15) is 0 Å². The van der Waals surface area contributed by atoms with E-state index in [9.17, 15) is 14.7 Å². The monoisotopic (exact) mass is 614 g/mol. The van der Waals surface area contributed by atoms with Crippen molar-refractivity contribution < 1.29 is 24.2 Å². The lowest BCUT2D eigenvalue weighted by Crippen LogP contribution is -2.49. The predicted molar refractivity (Wildman–Crippen MR) is 166 cm³/mol. The molecule has 3 amide bonds. The highest BCUT2D eigenvalue weighted by Gasteiger charge is 2.34. The standard InChI is InChI=1S/C31H36Cl2N4O5/c1-19-15-37(20(2)18-38)30(39)24-6-5-7-27(35-31(40)34-22-9-11-23(41-4)12-10-22)29(24)42-28(19)17-36(3)16-21-8-13-25(32)26(33)14-21/h5-14,19-20,28,38H,15-18H2,1-4H3,(H2,34,35,40)/t19-,20+,28-/m0/s1. The van der Waals surface area contributed by atoms with Crippen LogP contribution in [-0.4, -0.2) is 72.8 Å². The maximum absolute atomic E-state index is 13.7. The Morgan fingerprint density at radius 1 is 1.14 bits per heavy atom. The fourth-order valence-corrected chi connectivity index (χ4v) is 5.16. The molecular formula is C31H36Cl2N4O5. The zero-order valence-electron chi connectivity index (χ0n) is 24.1. The Labute approximate surface area is 256 Å². The van der Waals surface area contributed by atoms with Crippen molar-refractivity contribution in [3.05, 3.63) is 81.8 Å². The molecule has 3 aromatic rings. The first-order chi connectivity index (χ1) is 20.1. The number of methoxy groups -OCH3 is 1. The van der Waals surface area contributed by atoms with Crippen LogP contribution in [0.2, 0.25) is 10.0 Å². The number of hydrogen-bond donors (Lipinski definition) is 3. The van der Waals surface area contributed by atoms with Gasteiger partial charge in [0.2, 0.25) is 0 Å². The van der Waals surface area contributed by atoms with Crippen LogP contribution in [0.4, 0.5) is 16.2 Å². The highest BCUT2D eigenvalue weighted by molar-refractivity contribution is 6.42. The molecule has 224 valence electrons. The second-order valence-electron chi connectivity index (χ2n) is 10.6. The van der Waals surface area contributed by atoms with E-state index in [2.05, 4.69) is 15.5 Å². The van der Waals surface area contributed by atoms with Gasteiger partial charge in [0.25, 0.3) is 5.91 Å². The number of ether oxygens (including phenoxy) is 2. The van der Waals surface area contributed by atoms with E-state index >= 15 is 0 Å². The summed E-state index contributed by atoms with van der Waals surface area (Å²) in [5.41, 5.74) is 2.23. The van der Waals surface area contributed by atoms with Gasteiger partial charge >= 0.3 is 6.03 Å².